The van der Waals surface area contributed by atoms with Crippen LogP contribution < -0.4 is 10.1 Å². The molecule has 2 aromatic heterocycles. The fourth-order valence-electron chi connectivity index (χ4n) is 2.48. The zero-order chi connectivity index (χ0) is 15.4. The summed E-state index contributed by atoms with van der Waals surface area (Å²) in [4.78, 5) is 4.11. The third-order valence-corrected chi connectivity index (χ3v) is 4.01. The van der Waals surface area contributed by atoms with Crippen molar-refractivity contribution in [2.45, 2.75) is 26.3 Å². The van der Waals surface area contributed by atoms with E-state index in [-0.39, 0.29) is 6.04 Å². The number of pyridine rings is 1. The van der Waals surface area contributed by atoms with Crippen molar-refractivity contribution in [3.8, 4) is 5.75 Å². The van der Waals surface area contributed by atoms with Crippen molar-refractivity contribution in [3.05, 3.63) is 40.4 Å². The molecule has 0 saturated heterocycles. The van der Waals surface area contributed by atoms with E-state index >= 15 is 0 Å². The number of aryl methyl sites for hydroxylation is 2. The number of halogens is 1. The van der Waals surface area contributed by atoms with Gasteiger partial charge in [0.15, 0.2) is 0 Å². The van der Waals surface area contributed by atoms with Crippen molar-refractivity contribution in [1.82, 2.24) is 20.1 Å². The SMILES string of the molecule is CCNC(Cc1c(Cl)c(C)nn1C)c1ccncc1OC. The van der Waals surface area contributed by atoms with E-state index in [0.29, 0.717) is 0 Å². The molecule has 21 heavy (non-hydrogen) atoms. The molecule has 0 saturated carbocycles. The Kier molecular flexibility index (Phi) is 5.20. The van der Waals surface area contributed by atoms with Crippen molar-refractivity contribution >= 4 is 11.6 Å². The summed E-state index contributed by atoms with van der Waals surface area (Å²) in [6.45, 7) is 4.85. The van der Waals surface area contributed by atoms with Crippen LogP contribution in [0.15, 0.2) is 18.5 Å². The maximum absolute atomic E-state index is 6.36. The first kappa shape index (κ1) is 15.8. The minimum atomic E-state index is 0.0975. The van der Waals surface area contributed by atoms with Gasteiger partial charge in [-0.25, -0.2) is 0 Å². The number of nitrogens with zero attached hydrogens (tertiary/aromatic N) is 3. The Balaban J connectivity index is 2.35. The van der Waals surface area contributed by atoms with Gasteiger partial charge in [-0.15, -0.1) is 0 Å². The van der Waals surface area contributed by atoms with Crippen LogP contribution in [0.5, 0.6) is 5.75 Å². The monoisotopic (exact) mass is 308 g/mol. The van der Waals surface area contributed by atoms with Crippen LogP contribution in [0.3, 0.4) is 0 Å². The smallest absolute Gasteiger partial charge is 0.141 e. The lowest BCUT2D eigenvalue weighted by atomic mass is 10.0. The van der Waals surface area contributed by atoms with Gasteiger partial charge in [-0.05, 0) is 19.5 Å². The maximum atomic E-state index is 6.36. The second-order valence-corrected chi connectivity index (χ2v) is 5.28. The summed E-state index contributed by atoms with van der Waals surface area (Å²) in [5.41, 5.74) is 2.94. The van der Waals surface area contributed by atoms with Crippen LogP contribution in [0.25, 0.3) is 0 Å². The maximum Gasteiger partial charge on any atom is 0.141 e. The lowest BCUT2D eigenvalue weighted by Gasteiger charge is -2.20. The summed E-state index contributed by atoms with van der Waals surface area (Å²) in [6.07, 6.45) is 4.25. The van der Waals surface area contributed by atoms with E-state index in [1.165, 1.54) is 0 Å². The minimum absolute atomic E-state index is 0.0975. The van der Waals surface area contributed by atoms with Crippen molar-refractivity contribution in [3.63, 3.8) is 0 Å². The van der Waals surface area contributed by atoms with Gasteiger partial charge in [-0.2, -0.15) is 5.10 Å². The number of hydrogen-bond donors (Lipinski definition) is 1. The van der Waals surface area contributed by atoms with Crippen LogP contribution in [0, 0.1) is 6.92 Å². The Morgan fingerprint density at radius 1 is 1.48 bits per heavy atom. The predicted molar refractivity (Wildman–Crippen MR) is 83.9 cm³/mol. The highest BCUT2D eigenvalue weighted by molar-refractivity contribution is 6.31. The largest absolute Gasteiger partial charge is 0.495 e. The third-order valence-electron chi connectivity index (χ3n) is 3.52. The van der Waals surface area contributed by atoms with Crippen LogP contribution in [0.1, 0.15) is 29.9 Å². The number of aromatic nitrogens is 3. The zero-order valence-corrected chi connectivity index (χ0v) is 13.6. The molecule has 0 aliphatic rings. The van der Waals surface area contributed by atoms with Gasteiger partial charge in [-0.1, -0.05) is 18.5 Å². The summed E-state index contributed by atoms with van der Waals surface area (Å²) >= 11 is 6.36. The first-order chi connectivity index (χ1) is 10.1. The summed E-state index contributed by atoms with van der Waals surface area (Å²) in [7, 11) is 3.58. The highest BCUT2D eigenvalue weighted by Crippen LogP contribution is 2.29. The Morgan fingerprint density at radius 2 is 2.24 bits per heavy atom. The first-order valence-corrected chi connectivity index (χ1v) is 7.35. The molecule has 5 nitrogen and oxygen atoms in total. The molecule has 0 fully saturated rings. The van der Waals surface area contributed by atoms with Gasteiger partial charge >= 0.3 is 0 Å². The van der Waals surface area contributed by atoms with Crippen LogP contribution in [0.2, 0.25) is 5.02 Å². The van der Waals surface area contributed by atoms with Crippen molar-refractivity contribution in [1.29, 1.82) is 0 Å². The Morgan fingerprint density at radius 3 is 2.81 bits per heavy atom. The lowest BCUT2D eigenvalue weighted by molar-refractivity contribution is 0.396. The summed E-state index contributed by atoms with van der Waals surface area (Å²) in [6, 6.07) is 2.07. The minimum Gasteiger partial charge on any atom is -0.495 e. The van der Waals surface area contributed by atoms with E-state index in [1.807, 2.05) is 24.7 Å². The van der Waals surface area contributed by atoms with Gasteiger partial charge in [0.05, 0.1) is 29.7 Å². The number of nitrogens with one attached hydrogen (secondary N) is 1. The van der Waals surface area contributed by atoms with E-state index in [2.05, 4.69) is 22.3 Å². The van der Waals surface area contributed by atoms with Gasteiger partial charge < -0.3 is 10.1 Å². The number of ether oxygens (including phenoxy) is 1. The average molecular weight is 309 g/mol. The average Bonchev–Trinajstić information content (AvgIpc) is 2.73. The molecule has 2 aromatic rings. The molecule has 0 aliphatic heterocycles. The van der Waals surface area contributed by atoms with Crippen LogP contribution in [0.4, 0.5) is 0 Å². The molecule has 0 radical (unpaired) electrons. The Bertz CT molecular complexity index is 612. The van der Waals surface area contributed by atoms with E-state index in [4.69, 9.17) is 16.3 Å². The topological polar surface area (TPSA) is 52.0 Å². The van der Waals surface area contributed by atoms with Gasteiger partial charge in [-0.3, -0.25) is 9.67 Å². The van der Waals surface area contributed by atoms with E-state index in [1.54, 1.807) is 19.5 Å². The van der Waals surface area contributed by atoms with Crippen LogP contribution in [-0.2, 0) is 13.5 Å². The molecule has 6 heteroatoms. The molecule has 1 unspecified atom stereocenters. The van der Waals surface area contributed by atoms with Crippen molar-refractivity contribution in [2.24, 2.45) is 7.05 Å². The molecular weight excluding hydrogens is 288 g/mol. The number of hydrogen-bond acceptors (Lipinski definition) is 4. The zero-order valence-electron chi connectivity index (χ0n) is 12.9. The molecule has 0 amide bonds. The first-order valence-electron chi connectivity index (χ1n) is 6.97. The predicted octanol–water partition coefficient (Wildman–Crippen LogP) is 2.68. The second-order valence-electron chi connectivity index (χ2n) is 4.90. The van der Waals surface area contributed by atoms with Crippen LogP contribution in [-0.4, -0.2) is 28.4 Å². The Hall–Kier alpha value is -1.59. The van der Waals surface area contributed by atoms with E-state index < -0.39 is 0 Å². The second kappa shape index (κ2) is 6.91. The summed E-state index contributed by atoms with van der Waals surface area (Å²) < 4.78 is 7.26. The van der Waals surface area contributed by atoms with Gasteiger partial charge in [0.2, 0.25) is 0 Å². The van der Waals surface area contributed by atoms with Crippen molar-refractivity contribution < 1.29 is 4.74 Å². The molecule has 2 heterocycles. The molecule has 1 N–H and O–H groups in total. The normalized spacial score (nSPS) is 12.4. The molecule has 0 spiro atoms. The molecule has 114 valence electrons. The number of likely N-dealkylation sites (N-methyl/N-ethyl adjacent to an activating group) is 1. The lowest BCUT2D eigenvalue weighted by Crippen LogP contribution is -2.24. The molecule has 0 aromatic carbocycles. The highest BCUT2D eigenvalue weighted by atomic mass is 35.5. The fourth-order valence-corrected chi connectivity index (χ4v) is 2.72. The molecule has 0 bridgehead atoms. The highest BCUT2D eigenvalue weighted by Gasteiger charge is 2.20. The van der Waals surface area contributed by atoms with Crippen molar-refractivity contribution in [2.75, 3.05) is 13.7 Å². The van der Waals surface area contributed by atoms with E-state index in [0.717, 1.165) is 40.7 Å². The number of rotatable bonds is 6. The quantitative estimate of drug-likeness (QED) is 0.891. The van der Waals surface area contributed by atoms with Gasteiger partial charge in [0.1, 0.15) is 5.75 Å². The fraction of sp³-hybridized carbons (Fsp3) is 0.467. The molecule has 2 rings (SSSR count). The Labute approximate surface area is 130 Å². The third kappa shape index (κ3) is 3.36. The molecule has 1 atom stereocenters. The standard InChI is InChI=1S/C15H21ClN4O/c1-5-18-12(11-6-7-17-9-14(11)21-4)8-13-15(16)10(2)19-20(13)3/h6-7,9,12,18H,5,8H2,1-4H3. The van der Waals surface area contributed by atoms with Gasteiger partial charge in [0, 0.05) is 31.3 Å². The van der Waals surface area contributed by atoms with Gasteiger partial charge in [0.25, 0.3) is 0 Å². The van der Waals surface area contributed by atoms with E-state index in [9.17, 15) is 0 Å². The molecular formula is C15H21ClN4O. The molecule has 0 aliphatic carbocycles. The van der Waals surface area contributed by atoms with Crippen LogP contribution >= 0.6 is 11.6 Å². The summed E-state index contributed by atoms with van der Waals surface area (Å²) in [5.74, 6) is 0.776. The number of methoxy groups -OCH3 is 1. The summed E-state index contributed by atoms with van der Waals surface area (Å²) in [5, 5.41) is 8.58.